The summed E-state index contributed by atoms with van der Waals surface area (Å²) in [6, 6.07) is 4.91. The number of carbonyl (C=O) groups is 1. The molecule has 104 valence electrons. The number of ether oxygens (including phenoxy) is 1. The van der Waals surface area contributed by atoms with Crippen molar-refractivity contribution in [1.29, 1.82) is 0 Å². The highest BCUT2D eigenvalue weighted by Crippen LogP contribution is 2.26. The lowest BCUT2D eigenvalue weighted by Crippen LogP contribution is -2.32. The molecule has 5 heteroatoms. The van der Waals surface area contributed by atoms with Crippen LogP contribution in [0.1, 0.15) is 29.6 Å². The van der Waals surface area contributed by atoms with Gasteiger partial charge in [-0.3, -0.25) is 4.79 Å². The van der Waals surface area contributed by atoms with Gasteiger partial charge in [-0.05, 0) is 31.0 Å². The van der Waals surface area contributed by atoms with E-state index in [0.717, 1.165) is 19.3 Å². The summed E-state index contributed by atoms with van der Waals surface area (Å²) >= 11 is 5.86. The molecule has 0 aliphatic heterocycles. The van der Waals surface area contributed by atoms with Gasteiger partial charge in [-0.15, -0.1) is 0 Å². The maximum Gasteiger partial charge on any atom is 0.255 e. The number of aliphatic hydroxyl groups excluding tert-OH is 1. The molecule has 0 aromatic heterocycles. The SMILES string of the molecule is COc1cc(Cl)ccc1C(=O)NCC1CCCC1O. The summed E-state index contributed by atoms with van der Waals surface area (Å²) in [5, 5.41) is 13.1. The number of halogens is 1. The number of rotatable bonds is 4. The van der Waals surface area contributed by atoms with E-state index in [1.807, 2.05) is 0 Å². The number of amides is 1. The van der Waals surface area contributed by atoms with Crippen LogP contribution in [0, 0.1) is 5.92 Å². The summed E-state index contributed by atoms with van der Waals surface area (Å²) in [6.45, 7) is 0.492. The molecule has 1 amide bonds. The average molecular weight is 284 g/mol. The van der Waals surface area contributed by atoms with Crippen LogP contribution in [0.3, 0.4) is 0 Å². The van der Waals surface area contributed by atoms with Gasteiger partial charge in [0.25, 0.3) is 5.91 Å². The average Bonchev–Trinajstić information content (AvgIpc) is 2.81. The van der Waals surface area contributed by atoms with Gasteiger partial charge in [0.05, 0.1) is 18.8 Å². The molecule has 2 rings (SSSR count). The van der Waals surface area contributed by atoms with Crippen LogP contribution >= 0.6 is 11.6 Å². The molecule has 1 aromatic carbocycles. The molecule has 0 bridgehead atoms. The van der Waals surface area contributed by atoms with Crippen LogP contribution in [0.15, 0.2) is 18.2 Å². The first-order valence-corrected chi connectivity index (χ1v) is 6.79. The predicted molar refractivity (Wildman–Crippen MR) is 73.7 cm³/mol. The largest absolute Gasteiger partial charge is 0.496 e. The van der Waals surface area contributed by atoms with E-state index in [1.54, 1.807) is 18.2 Å². The first-order chi connectivity index (χ1) is 9.11. The maximum atomic E-state index is 12.1. The number of carbonyl (C=O) groups excluding carboxylic acids is 1. The van der Waals surface area contributed by atoms with E-state index in [2.05, 4.69) is 5.32 Å². The van der Waals surface area contributed by atoms with E-state index >= 15 is 0 Å². The van der Waals surface area contributed by atoms with E-state index in [-0.39, 0.29) is 17.9 Å². The zero-order chi connectivity index (χ0) is 13.8. The Morgan fingerprint density at radius 2 is 2.32 bits per heavy atom. The predicted octanol–water partition coefficient (Wildman–Crippen LogP) is 2.24. The molecule has 1 saturated carbocycles. The molecule has 0 heterocycles. The summed E-state index contributed by atoms with van der Waals surface area (Å²) < 4.78 is 5.15. The Hall–Kier alpha value is -1.26. The summed E-state index contributed by atoms with van der Waals surface area (Å²) in [5.74, 6) is 0.409. The van der Waals surface area contributed by atoms with E-state index in [1.165, 1.54) is 7.11 Å². The third kappa shape index (κ3) is 3.39. The monoisotopic (exact) mass is 283 g/mol. The second-order valence-electron chi connectivity index (χ2n) is 4.81. The second-order valence-corrected chi connectivity index (χ2v) is 5.25. The molecule has 19 heavy (non-hydrogen) atoms. The normalized spacial score (nSPS) is 22.3. The van der Waals surface area contributed by atoms with Crippen molar-refractivity contribution in [3.05, 3.63) is 28.8 Å². The Morgan fingerprint density at radius 1 is 1.53 bits per heavy atom. The molecule has 4 nitrogen and oxygen atoms in total. The van der Waals surface area contributed by atoms with Crippen molar-refractivity contribution in [2.45, 2.75) is 25.4 Å². The van der Waals surface area contributed by atoms with Gasteiger partial charge in [0.15, 0.2) is 0 Å². The fraction of sp³-hybridized carbons (Fsp3) is 0.500. The molecule has 1 aliphatic rings. The number of nitrogens with one attached hydrogen (secondary N) is 1. The highest BCUT2D eigenvalue weighted by molar-refractivity contribution is 6.30. The van der Waals surface area contributed by atoms with Crippen LogP contribution in [0.25, 0.3) is 0 Å². The van der Waals surface area contributed by atoms with Crippen molar-refractivity contribution in [3.8, 4) is 5.75 Å². The van der Waals surface area contributed by atoms with Gasteiger partial charge in [0.2, 0.25) is 0 Å². The topological polar surface area (TPSA) is 58.6 Å². The summed E-state index contributed by atoms with van der Waals surface area (Å²) in [5.41, 5.74) is 0.458. The molecule has 0 saturated heterocycles. The minimum Gasteiger partial charge on any atom is -0.496 e. The number of methoxy groups -OCH3 is 1. The van der Waals surface area contributed by atoms with Gasteiger partial charge in [0, 0.05) is 17.5 Å². The second kappa shape index (κ2) is 6.26. The molecular formula is C14H18ClNO3. The van der Waals surface area contributed by atoms with Crippen molar-refractivity contribution in [2.24, 2.45) is 5.92 Å². The molecule has 2 unspecified atom stereocenters. The Balaban J connectivity index is 1.99. The standard InChI is InChI=1S/C14H18ClNO3/c1-19-13-7-10(15)5-6-11(13)14(18)16-8-9-3-2-4-12(9)17/h5-7,9,12,17H,2-4,8H2,1H3,(H,16,18). The van der Waals surface area contributed by atoms with Crippen molar-refractivity contribution < 1.29 is 14.6 Å². The molecule has 1 aromatic rings. The summed E-state index contributed by atoms with van der Waals surface area (Å²) in [6.07, 6.45) is 2.50. The van der Waals surface area contributed by atoms with Gasteiger partial charge < -0.3 is 15.2 Å². The molecule has 0 spiro atoms. The third-order valence-corrected chi connectivity index (χ3v) is 3.79. The summed E-state index contributed by atoms with van der Waals surface area (Å²) in [4.78, 5) is 12.1. The first-order valence-electron chi connectivity index (χ1n) is 6.41. The van der Waals surface area contributed by atoms with Crippen LogP contribution in [0.5, 0.6) is 5.75 Å². The van der Waals surface area contributed by atoms with Crippen LogP contribution in [0.4, 0.5) is 0 Å². The Morgan fingerprint density at radius 3 is 2.95 bits per heavy atom. The van der Waals surface area contributed by atoms with E-state index in [4.69, 9.17) is 16.3 Å². The lowest BCUT2D eigenvalue weighted by Gasteiger charge is -2.16. The maximum absolute atomic E-state index is 12.1. The van der Waals surface area contributed by atoms with E-state index in [0.29, 0.717) is 22.9 Å². The highest BCUT2D eigenvalue weighted by atomic mass is 35.5. The third-order valence-electron chi connectivity index (χ3n) is 3.55. The van der Waals surface area contributed by atoms with Gasteiger partial charge >= 0.3 is 0 Å². The minimum atomic E-state index is -0.299. The summed E-state index contributed by atoms with van der Waals surface area (Å²) in [7, 11) is 1.50. The number of hydrogen-bond acceptors (Lipinski definition) is 3. The van der Waals surface area contributed by atoms with Crippen LogP contribution < -0.4 is 10.1 Å². The highest BCUT2D eigenvalue weighted by Gasteiger charge is 2.25. The number of aliphatic hydroxyl groups is 1. The lowest BCUT2D eigenvalue weighted by molar-refractivity contribution is 0.0914. The van der Waals surface area contributed by atoms with Crippen LogP contribution in [-0.4, -0.2) is 30.8 Å². The van der Waals surface area contributed by atoms with Crippen molar-refractivity contribution >= 4 is 17.5 Å². The van der Waals surface area contributed by atoms with Gasteiger partial charge in [-0.1, -0.05) is 18.0 Å². The van der Waals surface area contributed by atoms with Crippen LogP contribution in [0.2, 0.25) is 5.02 Å². The Bertz CT molecular complexity index is 464. The first kappa shape index (κ1) is 14.2. The van der Waals surface area contributed by atoms with Gasteiger partial charge in [0.1, 0.15) is 5.75 Å². The fourth-order valence-corrected chi connectivity index (χ4v) is 2.59. The van der Waals surface area contributed by atoms with Crippen molar-refractivity contribution in [3.63, 3.8) is 0 Å². The van der Waals surface area contributed by atoms with Crippen molar-refractivity contribution in [1.82, 2.24) is 5.32 Å². The van der Waals surface area contributed by atoms with Crippen molar-refractivity contribution in [2.75, 3.05) is 13.7 Å². The molecule has 1 aliphatic carbocycles. The smallest absolute Gasteiger partial charge is 0.255 e. The molecule has 2 atom stereocenters. The number of benzene rings is 1. The van der Waals surface area contributed by atoms with Gasteiger partial charge in [-0.2, -0.15) is 0 Å². The van der Waals surface area contributed by atoms with E-state index < -0.39 is 0 Å². The van der Waals surface area contributed by atoms with Gasteiger partial charge in [-0.25, -0.2) is 0 Å². The van der Waals surface area contributed by atoms with Crippen LogP contribution in [-0.2, 0) is 0 Å². The fourth-order valence-electron chi connectivity index (χ4n) is 2.43. The Kier molecular flexibility index (Phi) is 4.66. The zero-order valence-corrected chi connectivity index (χ0v) is 11.6. The van der Waals surface area contributed by atoms with E-state index in [9.17, 15) is 9.90 Å². The molecule has 0 radical (unpaired) electrons. The number of hydrogen-bond donors (Lipinski definition) is 2. The molecule has 2 N–H and O–H groups in total. The minimum absolute atomic E-state index is 0.155. The quantitative estimate of drug-likeness (QED) is 0.891. The molecule has 1 fully saturated rings. The zero-order valence-electron chi connectivity index (χ0n) is 10.9. The Labute approximate surface area is 117 Å². The lowest BCUT2D eigenvalue weighted by atomic mass is 10.1. The molecular weight excluding hydrogens is 266 g/mol.